The van der Waals surface area contributed by atoms with Crippen LogP contribution in [0.25, 0.3) is 22.3 Å². The van der Waals surface area contributed by atoms with Gasteiger partial charge < -0.3 is 143 Å². The van der Waals surface area contributed by atoms with Gasteiger partial charge in [-0.05, 0) is 153 Å². The van der Waals surface area contributed by atoms with E-state index < -0.39 is 261 Å². The fraction of sp³-hybridized carbons (Fsp3) is 0.419. The fourth-order valence-corrected chi connectivity index (χ4v) is 16.7. The Morgan fingerprint density at radius 2 is 1.22 bits per heavy atom. The molecule has 8 heterocycles. The monoisotopic (exact) mass is 1790 g/mol. The number of benzene rings is 7. The molecular weight excluding hydrogens is 1700 g/mol. The Bertz CT molecular complexity index is 5250. The molecule has 0 spiro atoms. The van der Waals surface area contributed by atoms with E-state index in [1.165, 1.54) is 51.2 Å². The summed E-state index contributed by atoms with van der Waals surface area (Å²) in [6.45, 7) is 9.06. The van der Waals surface area contributed by atoms with E-state index in [1.54, 1.807) is 26.0 Å². The van der Waals surface area contributed by atoms with Crippen molar-refractivity contribution in [1.82, 2.24) is 42.5 Å². The number of amides is 7. The summed E-state index contributed by atoms with van der Waals surface area (Å²) in [6, 6.07) is 14.5. The molecule has 22 atom stereocenters. The number of fused-ring (bicyclic) bond motifs is 15. The molecule has 0 aliphatic carbocycles. The van der Waals surface area contributed by atoms with Crippen LogP contribution in [0.15, 0.2) is 127 Å². The van der Waals surface area contributed by atoms with Crippen molar-refractivity contribution in [3.63, 3.8) is 0 Å². The molecule has 0 saturated carbocycles. The van der Waals surface area contributed by atoms with Crippen molar-refractivity contribution in [3.8, 4) is 68.2 Å². The first kappa shape index (κ1) is 92.1. The summed E-state index contributed by atoms with van der Waals surface area (Å²) >= 11 is 20.8. The molecule has 125 heavy (non-hydrogen) atoms. The molecule has 3 fully saturated rings. The number of phenolic OH excluding ortho intramolecular Hbond substituents is 3. The molecule has 8 aliphatic rings. The van der Waals surface area contributed by atoms with Crippen molar-refractivity contribution in [3.05, 3.63) is 176 Å². The number of hydrogen-bond acceptors (Lipinski definition) is 28. The van der Waals surface area contributed by atoms with Gasteiger partial charge in [0, 0.05) is 58.2 Å². The van der Waals surface area contributed by atoms with Gasteiger partial charge in [0.1, 0.15) is 89.5 Å². The van der Waals surface area contributed by atoms with Crippen LogP contribution < -0.4 is 68.2 Å². The van der Waals surface area contributed by atoms with Crippen LogP contribution in [-0.4, -0.2) is 215 Å². The first-order chi connectivity index (χ1) is 59.2. The number of ether oxygens (including phenoxy) is 8. The van der Waals surface area contributed by atoms with Crippen LogP contribution in [0.3, 0.4) is 0 Å². The Morgan fingerprint density at radius 3 is 1.83 bits per heavy atom. The molecule has 7 amide bonds. The second kappa shape index (κ2) is 37.9. The first-order valence-electron chi connectivity index (χ1n) is 40.1. The van der Waals surface area contributed by atoms with E-state index in [0.29, 0.717) is 5.02 Å². The topological polar surface area (TPSA) is 561 Å². The zero-order chi connectivity index (χ0) is 90.3. The van der Waals surface area contributed by atoms with E-state index in [1.807, 2.05) is 50.2 Å². The number of aliphatic hydroxyl groups is 6. The molecule has 3 saturated heterocycles. The summed E-state index contributed by atoms with van der Waals surface area (Å²) < 4.78 is 52.9. The minimum atomic E-state index is -2.40. The smallest absolute Gasteiger partial charge is 0.330 e. The Kier molecular flexibility index (Phi) is 27.9. The van der Waals surface area contributed by atoms with E-state index >= 15 is 24.0 Å². The predicted molar refractivity (Wildman–Crippen MR) is 445 cm³/mol. The average molecular weight is 1790 g/mol. The van der Waals surface area contributed by atoms with Gasteiger partial charge in [-0.1, -0.05) is 103 Å². The fourth-order valence-electron chi connectivity index (χ4n) is 16.2. The SMILES string of the molecule is CN[C@H](CC(C)C)C(=O)N[C@H]1C(=O)N[C@@H](CC(N)=O)C(=O)N[C@H]2C(=O)N[C@H]3C(=O)N[C@H](C(=O)N[C@H](C(=O)O)c4cc(O)cc(O)c4-c4cc3ccc4O)[C@H](O[C@H]3CC(C)(N)[C@@H](O)[C@H](C)O3)c3ccc(c(Cl)c3)Oc3cc2cc(c3O[C@@H]2O[C@H](CO)[C@@H](O)C(O)C2O[C@H]2CC(C)(NCc3ccc(-c4ccc(Cl)cc4)cc3)[C@@H](O)[C@H](C)O2)Oc2ccc(cc2Cl)[C@H]1O. The van der Waals surface area contributed by atoms with Gasteiger partial charge in [-0.15, -0.1) is 0 Å². The number of phenols is 3. The second-order valence-electron chi connectivity index (χ2n) is 32.7. The van der Waals surface area contributed by atoms with Gasteiger partial charge in [0.15, 0.2) is 36.2 Å². The summed E-state index contributed by atoms with van der Waals surface area (Å²) in [4.78, 5) is 121. The number of likely N-dealkylation sites (N-methyl/N-ethyl adjacent to an activating group) is 1. The molecule has 11 bridgehead atoms. The Labute approximate surface area is 730 Å². The van der Waals surface area contributed by atoms with Gasteiger partial charge in [-0.3, -0.25) is 33.6 Å². The van der Waals surface area contributed by atoms with Gasteiger partial charge in [0.2, 0.25) is 53.4 Å². The molecule has 8 aliphatic heterocycles. The Hall–Kier alpha value is -10.6. The number of nitrogens with one attached hydrogen (secondary N) is 8. The highest BCUT2D eigenvalue weighted by Gasteiger charge is 2.53. The van der Waals surface area contributed by atoms with Crippen molar-refractivity contribution in [2.75, 3.05) is 13.7 Å². The van der Waals surface area contributed by atoms with Crippen LogP contribution in [-0.2, 0) is 68.6 Å². The lowest BCUT2D eigenvalue weighted by molar-refractivity contribution is -0.334. The maximum atomic E-state index is 16.6. The summed E-state index contributed by atoms with van der Waals surface area (Å²) in [5, 5.41) is 138. The van der Waals surface area contributed by atoms with Crippen LogP contribution in [0.2, 0.25) is 15.1 Å². The molecular formula is C86H97Cl3N10O26. The quantitative estimate of drug-likeness (QED) is 0.0530. The summed E-state index contributed by atoms with van der Waals surface area (Å²) in [6.07, 6.45) is -23.0. The molecule has 15 rings (SSSR count). The van der Waals surface area contributed by atoms with E-state index in [9.17, 15) is 65.4 Å². The number of halogens is 3. The minimum absolute atomic E-state index is 0.119. The van der Waals surface area contributed by atoms with Crippen molar-refractivity contribution in [2.24, 2.45) is 17.4 Å². The van der Waals surface area contributed by atoms with Crippen LogP contribution in [0, 0.1) is 5.92 Å². The average Bonchev–Trinajstić information content (AvgIpc) is 0.762. The van der Waals surface area contributed by atoms with E-state index in [4.69, 9.17) is 84.2 Å². The van der Waals surface area contributed by atoms with Crippen LogP contribution in [0.5, 0.6) is 46.0 Å². The third-order valence-electron chi connectivity index (χ3n) is 22.9. The Balaban J connectivity index is 1.02. The predicted octanol–water partition coefficient (Wildman–Crippen LogP) is 4.50. The number of carboxylic acids is 1. The molecule has 22 N–H and O–H groups in total. The number of aliphatic hydroxyl groups excluding tert-OH is 6. The van der Waals surface area contributed by atoms with E-state index in [2.05, 4.69) is 42.5 Å². The number of primary amides is 1. The van der Waals surface area contributed by atoms with E-state index in [0.717, 1.165) is 65.2 Å². The van der Waals surface area contributed by atoms with Gasteiger partial charge in [0.25, 0.3) is 0 Å². The number of hydrogen-bond donors (Lipinski definition) is 20. The summed E-state index contributed by atoms with van der Waals surface area (Å²) in [7, 11) is 1.48. The van der Waals surface area contributed by atoms with Crippen molar-refractivity contribution >= 4 is 82.1 Å². The summed E-state index contributed by atoms with van der Waals surface area (Å²) in [5.74, 6) is -16.1. The number of carbonyl (C=O) groups excluding carboxylic acids is 7. The van der Waals surface area contributed by atoms with Crippen molar-refractivity contribution in [1.29, 1.82) is 0 Å². The molecule has 0 radical (unpaired) electrons. The summed E-state index contributed by atoms with van der Waals surface area (Å²) in [5.41, 5.74) is 9.60. The molecule has 36 nitrogen and oxygen atoms in total. The van der Waals surface area contributed by atoms with Gasteiger partial charge >= 0.3 is 5.97 Å². The molecule has 7 aromatic rings. The van der Waals surface area contributed by atoms with Crippen LogP contribution >= 0.6 is 34.8 Å². The van der Waals surface area contributed by atoms with Crippen molar-refractivity contribution in [2.45, 2.75) is 207 Å². The van der Waals surface area contributed by atoms with Gasteiger partial charge in [-0.2, -0.15) is 0 Å². The highest BCUT2D eigenvalue weighted by molar-refractivity contribution is 6.32. The number of carboxylic acid groups (broad SMARTS) is 1. The number of aliphatic carboxylic acids is 1. The van der Waals surface area contributed by atoms with Gasteiger partial charge in [0.05, 0.1) is 53.5 Å². The lowest BCUT2D eigenvalue weighted by atomic mass is 9.84. The Morgan fingerprint density at radius 1 is 0.632 bits per heavy atom. The zero-order valence-electron chi connectivity index (χ0n) is 68.3. The molecule has 7 aromatic carbocycles. The number of carbonyl (C=O) groups is 8. The van der Waals surface area contributed by atoms with E-state index in [-0.39, 0.29) is 59.2 Å². The van der Waals surface area contributed by atoms with Crippen LogP contribution in [0.1, 0.15) is 131 Å². The maximum absolute atomic E-state index is 16.6. The molecule has 39 heteroatoms. The van der Waals surface area contributed by atoms with Crippen molar-refractivity contribution < 1.29 is 127 Å². The first-order valence-corrected chi connectivity index (χ1v) is 41.2. The normalized spacial score (nSPS) is 29.7. The lowest BCUT2D eigenvalue weighted by Gasteiger charge is -2.48. The standard InChI is InChI=1S/C86H97Cl3N10O26/c1-35(2)22-51(92-7)77(110)98-67-69(105)42-15-20-55(49(88)24-42)120-57-26-44-27-58(73(57)125-84-74(71(107)70(106)59(34-100)122-84)124-62-32-86(6,76(109)37(4)119-62)93-33-38-8-10-39(11-9-38)40-12-17-45(87)18-13-40)121-56-21-16-43(25-50(56)89)72(123-61-31-85(5,91)75(108)36(3)118-61)68-82(115)97-66(83(116)117)48-28-46(101)29-54(103)63(48)47-23-41(14-19-53(47)102)64(79(112)99-68)96-80(113)65(44)95-78(111)52(30-60(90)104)94-81(67)114/h8-21,23-29,35-37,51-52,59,61-62,64-72,74-76,84,92-93,100-103,105-109H,22,30-34,91H2,1-7H3,(H2,90,104)(H,94,114)(H,95,111)(H,96,113)(H,97,115)(H,98,110)(H,99,112)(H,116,117)/t36-,37-,51+,52-,59+,61-,62-,64+,65+,66-,67+,68-,69+,70+,71?,72+,74?,75-,76-,84-,85?,86?/m0/s1. The highest BCUT2D eigenvalue weighted by atomic mass is 35.5. The number of nitrogens with two attached hydrogens (primary N) is 2. The number of rotatable bonds is 19. The lowest BCUT2D eigenvalue weighted by Crippen LogP contribution is -2.65. The molecule has 0 aromatic heterocycles. The third kappa shape index (κ3) is 20.1. The van der Waals surface area contributed by atoms with Gasteiger partial charge in [-0.25, -0.2) is 4.79 Å². The number of aromatic hydroxyl groups is 3. The maximum Gasteiger partial charge on any atom is 0.330 e. The highest BCUT2D eigenvalue weighted by Crippen LogP contribution is 2.51. The largest absolute Gasteiger partial charge is 0.508 e. The second-order valence-corrected chi connectivity index (χ2v) is 34.0. The molecule has 4 unspecified atom stereocenters. The minimum Gasteiger partial charge on any atom is -0.508 e. The van der Waals surface area contributed by atoms with Crippen LogP contribution in [0.4, 0.5) is 0 Å². The molecule has 668 valence electrons. The zero-order valence-corrected chi connectivity index (χ0v) is 70.6. The third-order valence-corrected chi connectivity index (χ3v) is 23.8.